The molecule has 0 saturated carbocycles. The fourth-order valence-electron chi connectivity index (χ4n) is 1.60. The molecule has 4 N–H and O–H groups in total. The van der Waals surface area contributed by atoms with E-state index in [1.807, 2.05) is 31.2 Å². The maximum atomic E-state index is 8.90. The number of H-pyrrole nitrogens is 1. The number of hydrogen-bond acceptors (Lipinski definition) is 4. The van der Waals surface area contributed by atoms with Crippen LogP contribution in [0.2, 0.25) is 0 Å². The smallest absolute Gasteiger partial charge is 0.168 e. The van der Waals surface area contributed by atoms with Gasteiger partial charge in [0.25, 0.3) is 0 Å². The molecule has 0 aliphatic carbocycles. The van der Waals surface area contributed by atoms with Crippen molar-refractivity contribution in [3.8, 4) is 6.07 Å². The summed E-state index contributed by atoms with van der Waals surface area (Å²) in [5.74, 6) is 0.783. The Kier molecular flexibility index (Phi) is 2.97. The molecule has 0 bridgehead atoms. The molecule has 1 heterocycles. The standard InChI is InChI=1S/C12H13N5/c1-8-3-2-4-9(5-8)7-15-12-10(6-13)11(14)16-17-12/h2-5H,7H2,1H3,(H4,14,15,16,17). The van der Waals surface area contributed by atoms with Crippen LogP contribution in [0.3, 0.4) is 0 Å². The van der Waals surface area contributed by atoms with Crippen LogP contribution in [-0.2, 0) is 6.54 Å². The van der Waals surface area contributed by atoms with Crippen LogP contribution in [0, 0.1) is 18.3 Å². The molecule has 0 aliphatic rings. The minimum absolute atomic E-state index is 0.291. The highest BCUT2D eigenvalue weighted by Crippen LogP contribution is 2.17. The van der Waals surface area contributed by atoms with E-state index in [0.717, 1.165) is 5.56 Å². The lowest BCUT2D eigenvalue weighted by molar-refractivity contribution is 1.05. The van der Waals surface area contributed by atoms with Crippen molar-refractivity contribution in [2.45, 2.75) is 13.5 Å². The molecule has 0 spiro atoms. The highest BCUT2D eigenvalue weighted by Gasteiger charge is 2.09. The summed E-state index contributed by atoms with van der Waals surface area (Å²) in [6.07, 6.45) is 0. The van der Waals surface area contributed by atoms with E-state index >= 15 is 0 Å². The molecule has 5 nitrogen and oxygen atoms in total. The Balaban J connectivity index is 2.10. The second kappa shape index (κ2) is 4.58. The first-order chi connectivity index (χ1) is 8.20. The van der Waals surface area contributed by atoms with Gasteiger partial charge >= 0.3 is 0 Å². The first kappa shape index (κ1) is 11.0. The summed E-state index contributed by atoms with van der Waals surface area (Å²) in [5.41, 5.74) is 8.26. The molecule has 1 aromatic heterocycles. The number of nitrogen functional groups attached to an aromatic ring is 1. The largest absolute Gasteiger partial charge is 0.383 e. The molecule has 0 amide bonds. The zero-order valence-corrected chi connectivity index (χ0v) is 9.49. The van der Waals surface area contributed by atoms with Crippen molar-refractivity contribution in [2.75, 3.05) is 11.1 Å². The maximum absolute atomic E-state index is 8.90. The van der Waals surface area contributed by atoms with E-state index in [4.69, 9.17) is 11.0 Å². The molecule has 0 atom stereocenters. The molecular weight excluding hydrogens is 214 g/mol. The van der Waals surface area contributed by atoms with Gasteiger partial charge in [-0.05, 0) is 12.5 Å². The normalized spacial score (nSPS) is 9.88. The van der Waals surface area contributed by atoms with Crippen LogP contribution in [0.4, 0.5) is 11.6 Å². The lowest BCUT2D eigenvalue weighted by atomic mass is 10.1. The summed E-state index contributed by atoms with van der Waals surface area (Å²) < 4.78 is 0. The van der Waals surface area contributed by atoms with Crippen molar-refractivity contribution in [3.63, 3.8) is 0 Å². The molecule has 5 heteroatoms. The zero-order chi connectivity index (χ0) is 12.3. The Labute approximate surface area is 99.3 Å². The Bertz CT molecular complexity index is 565. The van der Waals surface area contributed by atoms with Gasteiger partial charge in [0.1, 0.15) is 17.5 Å². The summed E-state index contributed by atoms with van der Waals surface area (Å²) in [7, 11) is 0. The lowest BCUT2D eigenvalue weighted by Gasteiger charge is -2.04. The number of hydrogen-bond donors (Lipinski definition) is 3. The van der Waals surface area contributed by atoms with E-state index in [-0.39, 0.29) is 0 Å². The highest BCUT2D eigenvalue weighted by atomic mass is 15.2. The van der Waals surface area contributed by atoms with E-state index in [0.29, 0.717) is 23.7 Å². The van der Waals surface area contributed by atoms with Crippen molar-refractivity contribution in [3.05, 3.63) is 41.0 Å². The Hall–Kier alpha value is -2.48. The third-order valence-electron chi connectivity index (χ3n) is 2.45. The predicted molar refractivity (Wildman–Crippen MR) is 66.2 cm³/mol. The van der Waals surface area contributed by atoms with Gasteiger partial charge in [-0.15, -0.1) is 0 Å². The summed E-state index contributed by atoms with van der Waals surface area (Å²) in [6.45, 7) is 2.65. The van der Waals surface area contributed by atoms with Gasteiger partial charge in [-0.1, -0.05) is 29.8 Å². The van der Waals surface area contributed by atoms with Crippen LogP contribution in [0.5, 0.6) is 0 Å². The predicted octanol–water partition coefficient (Wildman–Crippen LogP) is 1.78. The molecule has 0 fully saturated rings. The van der Waals surface area contributed by atoms with Gasteiger partial charge < -0.3 is 11.1 Å². The van der Waals surface area contributed by atoms with Crippen molar-refractivity contribution in [2.24, 2.45) is 0 Å². The molecule has 2 rings (SSSR count). The zero-order valence-electron chi connectivity index (χ0n) is 9.49. The second-order valence-electron chi connectivity index (χ2n) is 3.82. The number of aromatic nitrogens is 2. The molecule has 0 aliphatic heterocycles. The van der Waals surface area contributed by atoms with E-state index in [9.17, 15) is 0 Å². The third-order valence-corrected chi connectivity index (χ3v) is 2.45. The van der Waals surface area contributed by atoms with Gasteiger partial charge in [0.05, 0.1) is 0 Å². The van der Waals surface area contributed by atoms with Crippen LogP contribution >= 0.6 is 0 Å². The number of anilines is 2. The van der Waals surface area contributed by atoms with E-state index in [1.54, 1.807) is 0 Å². The summed E-state index contributed by atoms with van der Waals surface area (Å²) >= 11 is 0. The van der Waals surface area contributed by atoms with Crippen molar-refractivity contribution >= 4 is 11.6 Å². The van der Waals surface area contributed by atoms with Crippen LogP contribution in [0.25, 0.3) is 0 Å². The van der Waals surface area contributed by atoms with Crippen molar-refractivity contribution in [1.82, 2.24) is 10.2 Å². The topological polar surface area (TPSA) is 90.5 Å². The molecule has 0 unspecified atom stereocenters. The van der Waals surface area contributed by atoms with E-state index in [1.165, 1.54) is 5.56 Å². The van der Waals surface area contributed by atoms with Gasteiger partial charge in [-0.3, -0.25) is 5.10 Å². The molecule has 86 valence electrons. The number of nitriles is 1. The molecular formula is C12H13N5. The Morgan fingerprint density at radius 2 is 2.35 bits per heavy atom. The minimum Gasteiger partial charge on any atom is -0.383 e. The number of nitrogens with zero attached hydrogens (tertiary/aromatic N) is 2. The van der Waals surface area contributed by atoms with Crippen LogP contribution in [-0.4, -0.2) is 10.2 Å². The number of nitrogens with two attached hydrogens (primary N) is 1. The summed E-state index contributed by atoms with van der Waals surface area (Å²) in [4.78, 5) is 0. The van der Waals surface area contributed by atoms with Crippen molar-refractivity contribution in [1.29, 1.82) is 5.26 Å². The van der Waals surface area contributed by atoms with E-state index in [2.05, 4.69) is 21.6 Å². The number of aryl methyl sites for hydroxylation is 1. The lowest BCUT2D eigenvalue weighted by Crippen LogP contribution is -2.01. The van der Waals surface area contributed by atoms with Crippen LogP contribution < -0.4 is 11.1 Å². The van der Waals surface area contributed by atoms with Crippen molar-refractivity contribution < 1.29 is 0 Å². The molecule has 17 heavy (non-hydrogen) atoms. The SMILES string of the molecule is Cc1cccc(CNc2n[nH]c(N)c2C#N)c1. The minimum atomic E-state index is 0.291. The maximum Gasteiger partial charge on any atom is 0.168 e. The molecule has 0 saturated heterocycles. The number of benzene rings is 1. The van der Waals surface area contributed by atoms with E-state index < -0.39 is 0 Å². The fourth-order valence-corrected chi connectivity index (χ4v) is 1.60. The number of rotatable bonds is 3. The summed E-state index contributed by atoms with van der Waals surface area (Å²) in [5, 5.41) is 18.5. The first-order valence-corrected chi connectivity index (χ1v) is 5.24. The van der Waals surface area contributed by atoms with Crippen LogP contribution in [0.15, 0.2) is 24.3 Å². The molecule has 2 aromatic rings. The number of nitrogens with one attached hydrogen (secondary N) is 2. The third kappa shape index (κ3) is 2.37. The first-order valence-electron chi connectivity index (χ1n) is 5.24. The van der Waals surface area contributed by atoms with Gasteiger partial charge in [0.15, 0.2) is 5.82 Å². The van der Waals surface area contributed by atoms with Crippen LogP contribution in [0.1, 0.15) is 16.7 Å². The quantitative estimate of drug-likeness (QED) is 0.745. The Morgan fingerprint density at radius 1 is 1.53 bits per heavy atom. The van der Waals surface area contributed by atoms with Gasteiger partial charge in [0.2, 0.25) is 0 Å². The number of aromatic amines is 1. The van der Waals surface area contributed by atoms with Gasteiger partial charge in [-0.2, -0.15) is 10.4 Å². The molecule has 0 radical (unpaired) electrons. The monoisotopic (exact) mass is 227 g/mol. The average molecular weight is 227 g/mol. The summed E-state index contributed by atoms with van der Waals surface area (Å²) in [6, 6.07) is 10.1. The highest BCUT2D eigenvalue weighted by molar-refractivity contribution is 5.62. The second-order valence-corrected chi connectivity index (χ2v) is 3.82. The van der Waals surface area contributed by atoms with Gasteiger partial charge in [-0.25, -0.2) is 0 Å². The Morgan fingerprint density at radius 3 is 3.06 bits per heavy atom. The fraction of sp³-hybridized carbons (Fsp3) is 0.167. The molecule has 1 aromatic carbocycles. The van der Waals surface area contributed by atoms with Gasteiger partial charge in [0, 0.05) is 6.54 Å². The average Bonchev–Trinajstić information content (AvgIpc) is 2.67.